The highest BCUT2D eigenvalue weighted by molar-refractivity contribution is 5.50. The molecule has 0 radical (unpaired) electrons. The molecule has 1 aliphatic heterocycles. The summed E-state index contributed by atoms with van der Waals surface area (Å²) in [6.07, 6.45) is 2.64. The zero-order valence-electron chi connectivity index (χ0n) is 9.80. The highest BCUT2D eigenvalue weighted by Crippen LogP contribution is 2.17. The van der Waals surface area contributed by atoms with Gasteiger partial charge in [-0.15, -0.1) is 0 Å². The van der Waals surface area contributed by atoms with Crippen LogP contribution in [0.4, 0.5) is 10.1 Å². The van der Waals surface area contributed by atoms with Crippen molar-refractivity contribution in [3.05, 3.63) is 29.6 Å². The molecule has 1 aromatic rings. The second kappa shape index (κ2) is 5.30. The van der Waals surface area contributed by atoms with Gasteiger partial charge < -0.3 is 10.2 Å². The normalized spacial score (nSPS) is 16.6. The molecule has 0 spiro atoms. The molecule has 88 valence electrons. The molecular weight excluding hydrogens is 203 g/mol. The summed E-state index contributed by atoms with van der Waals surface area (Å²) in [5.41, 5.74) is 1.63. The summed E-state index contributed by atoms with van der Waals surface area (Å²) < 4.78 is 13.3. The van der Waals surface area contributed by atoms with Crippen LogP contribution in [0.15, 0.2) is 18.2 Å². The van der Waals surface area contributed by atoms with Gasteiger partial charge in [0.1, 0.15) is 5.82 Å². The minimum atomic E-state index is -0.133. The molecule has 0 unspecified atom stereocenters. The van der Waals surface area contributed by atoms with Crippen molar-refractivity contribution in [3.8, 4) is 0 Å². The van der Waals surface area contributed by atoms with Crippen molar-refractivity contribution >= 4 is 5.69 Å². The van der Waals surface area contributed by atoms with E-state index in [4.69, 9.17) is 0 Å². The van der Waals surface area contributed by atoms with Crippen LogP contribution in [0.3, 0.4) is 0 Å². The van der Waals surface area contributed by atoms with Crippen LogP contribution < -0.4 is 5.32 Å². The lowest BCUT2D eigenvalue weighted by molar-refractivity contribution is 0.352. The van der Waals surface area contributed by atoms with E-state index in [1.54, 1.807) is 6.07 Å². The first kappa shape index (κ1) is 11.4. The van der Waals surface area contributed by atoms with E-state index in [-0.39, 0.29) is 5.82 Å². The topological polar surface area (TPSA) is 15.3 Å². The van der Waals surface area contributed by atoms with E-state index >= 15 is 0 Å². The Labute approximate surface area is 96.5 Å². The molecular formula is C13H19FN2. The van der Waals surface area contributed by atoms with E-state index in [2.05, 4.69) is 10.2 Å². The van der Waals surface area contributed by atoms with E-state index in [9.17, 15) is 4.39 Å². The third kappa shape index (κ3) is 2.73. The summed E-state index contributed by atoms with van der Waals surface area (Å²) >= 11 is 0. The molecule has 1 fully saturated rings. The van der Waals surface area contributed by atoms with Gasteiger partial charge >= 0.3 is 0 Å². The molecule has 3 heteroatoms. The SMILES string of the molecule is Cc1c(F)cccc1NCCN1CCCC1. The molecule has 1 aliphatic rings. The van der Waals surface area contributed by atoms with Crippen LogP contribution in [-0.4, -0.2) is 31.1 Å². The predicted octanol–water partition coefficient (Wildman–Crippen LogP) is 2.64. The lowest BCUT2D eigenvalue weighted by Crippen LogP contribution is -2.26. The Morgan fingerprint density at radius 3 is 2.81 bits per heavy atom. The molecule has 1 saturated heterocycles. The maximum atomic E-state index is 13.3. The Hall–Kier alpha value is -1.09. The van der Waals surface area contributed by atoms with Crippen LogP contribution in [0.25, 0.3) is 0 Å². The first-order valence-corrected chi connectivity index (χ1v) is 5.99. The molecule has 2 rings (SSSR count). The quantitative estimate of drug-likeness (QED) is 0.842. The summed E-state index contributed by atoms with van der Waals surface area (Å²) in [6.45, 7) is 6.18. The summed E-state index contributed by atoms with van der Waals surface area (Å²) in [7, 11) is 0. The number of nitrogens with zero attached hydrogens (tertiary/aromatic N) is 1. The Morgan fingerprint density at radius 1 is 1.31 bits per heavy atom. The minimum Gasteiger partial charge on any atom is -0.383 e. The molecule has 1 heterocycles. The maximum absolute atomic E-state index is 13.3. The molecule has 0 atom stereocenters. The van der Waals surface area contributed by atoms with Crippen LogP contribution in [-0.2, 0) is 0 Å². The van der Waals surface area contributed by atoms with Gasteiger partial charge in [0, 0.05) is 24.3 Å². The molecule has 16 heavy (non-hydrogen) atoms. The number of likely N-dealkylation sites (tertiary alicyclic amines) is 1. The van der Waals surface area contributed by atoms with Crippen molar-refractivity contribution in [2.75, 3.05) is 31.5 Å². The van der Waals surface area contributed by atoms with Crippen molar-refractivity contribution in [2.24, 2.45) is 0 Å². The van der Waals surface area contributed by atoms with Gasteiger partial charge in [-0.2, -0.15) is 0 Å². The second-order valence-electron chi connectivity index (χ2n) is 4.39. The maximum Gasteiger partial charge on any atom is 0.128 e. The van der Waals surface area contributed by atoms with Gasteiger partial charge in [0.05, 0.1) is 0 Å². The average molecular weight is 222 g/mol. The van der Waals surface area contributed by atoms with Crippen LogP contribution >= 0.6 is 0 Å². The van der Waals surface area contributed by atoms with Crippen molar-refractivity contribution < 1.29 is 4.39 Å². The lowest BCUT2D eigenvalue weighted by Gasteiger charge is -2.16. The van der Waals surface area contributed by atoms with Gasteiger partial charge in [0.15, 0.2) is 0 Å². The van der Waals surface area contributed by atoms with Crippen LogP contribution in [0, 0.1) is 12.7 Å². The average Bonchev–Trinajstić information content (AvgIpc) is 2.77. The monoisotopic (exact) mass is 222 g/mol. The van der Waals surface area contributed by atoms with Gasteiger partial charge in [0.2, 0.25) is 0 Å². The number of hydrogen-bond acceptors (Lipinski definition) is 2. The Balaban J connectivity index is 1.82. The first-order chi connectivity index (χ1) is 7.77. The van der Waals surface area contributed by atoms with E-state index in [0.29, 0.717) is 5.56 Å². The minimum absolute atomic E-state index is 0.133. The summed E-state index contributed by atoms with van der Waals surface area (Å²) in [6, 6.07) is 5.18. The number of benzene rings is 1. The number of nitrogens with one attached hydrogen (secondary N) is 1. The highest BCUT2D eigenvalue weighted by Gasteiger charge is 2.10. The zero-order chi connectivity index (χ0) is 11.4. The molecule has 0 aromatic heterocycles. The molecule has 0 bridgehead atoms. The van der Waals surface area contributed by atoms with E-state index in [1.807, 2.05) is 13.0 Å². The van der Waals surface area contributed by atoms with Crippen molar-refractivity contribution in [3.63, 3.8) is 0 Å². The van der Waals surface area contributed by atoms with E-state index in [1.165, 1.54) is 32.0 Å². The van der Waals surface area contributed by atoms with Crippen molar-refractivity contribution in [2.45, 2.75) is 19.8 Å². The van der Waals surface area contributed by atoms with Crippen LogP contribution in [0.1, 0.15) is 18.4 Å². The van der Waals surface area contributed by atoms with Crippen LogP contribution in [0.2, 0.25) is 0 Å². The number of halogens is 1. The van der Waals surface area contributed by atoms with E-state index in [0.717, 1.165) is 18.8 Å². The van der Waals surface area contributed by atoms with Gasteiger partial charge in [-0.1, -0.05) is 6.07 Å². The standard InChI is InChI=1S/C13H19FN2/c1-11-12(14)5-4-6-13(11)15-7-10-16-8-2-3-9-16/h4-6,15H,2-3,7-10H2,1H3. The molecule has 1 aromatic carbocycles. The number of anilines is 1. The Bertz CT molecular complexity index is 346. The summed E-state index contributed by atoms with van der Waals surface area (Å²) in [4.78, 5) is 2.45. The fraction of sp³-hybridized carbons (Fsp3) is 0.538. The molecule has 1 N–H and O–H groups in total. The molecule has 0 amide bonds. The fourth-order valence-electron chi connectivity index (χ4n) is 2.15. The lowest BCUT2D eigenvalue weighted by atomic mass is 10.2. The smallest absolute Gasteiger partial charge is 0.128 e. The largest absolute Gasteiger partial charge is 0.383 e. The van der Waals surface area contributed by atoms with E-state index < -0.39 is 0 Å². The first-order valence-electron chi connectivity index (χ1n) is 5.99. The predicted molar refractivity (Wildman–Crippen MR) is 65.3 cm³/mol. The fourth-order valence-corrected chi connectivity index (χ4v) is 2.15. The third-order valence-corrected chi connectivity index (χ3v) is 3.21. The number of hydrogen-bond donors (Lipinski definition) is 1. The highest BCUT2D eigenvalue weighted by atomic mass is 19.1. The third-order valence-electron chi connectivity index (χ3n) is 3.21. The van der Waals surface area contributed by atoms with Crippen LogP contribution in [0.5, 0.6) is 0 Å². The molecule has 0 aliphatic carbocycles. The molecule has 0 saturated carbocycles. The second-order valence-corrected chi connectivity index (χ2v) is 4.39. The summed E-state index contributed by atoms with van der Waals surface area (Å²) in [5.74, 6) is -0.133. The molecule has 2 nitrogen and oxygen atoms in total. The van der Waals surface area contributed by atoms with Gasteiger partial charge in [-0.25, -0.2) is 4.39 Å². The summed E-state index contributed by atoms with van der Waals surface area (Å²) in [5, 5.41) is 3.30. The van der Waals surface area contributed by atoms with Crippen molar-refractivity contribution in [1.82, 2.24) is 4.90 Å². The Morgan fingerprint density at radius 2 is 2.06 bits per heavy atom. The van der Waals surface area contributed by atoms with Gasteiger partial charge in [0.25, 0.3) is 0 Å². The van der Waals surface area contributed by atoms with Crippen molar-refractivity contribution in [1.29, 1.82) is 0 Å². The number of rotatable bonds is 4. The zero-order valence-corrected chi connectivity index (χ0v) is 9.80. The van der Waals surface area contributed by atoms with Gasteiger partial charge in [-0.05, 0) is 45.0 Å². The van der Waals surface area contributed by atoms with Gasteiger partial charge in [-0.3, -0.25) is 0 Å². The Kier molecular flexibility index (Phi) is 3.78.